The maximum atomic E-state index is 11.1. The fourth-order valence-corrected chi connectivity index (χ4v) is 3.49. The summed E-state index contributed by atoms with van der Waals surface area (Å²) in [5.74, 6) is 0.130. The smallest absolute Gasteiger partial charge is 0.217 e. The average molecular weight is 211 g/mol. The molecule has 2 bridgehead atoms. The van der Waals surface area contributed by atoms with E-state index in [2.05, 4.69) is 19.4 Å². The molecule has 2 fully saturated rings. The molecule has 1 N–H and O–H groups in total. The number of fused-ring (bicyclic) bond motifs is 2. The molecule has 0 aromatic rings. The molecule has 3 heteroatoms. The van der Waals surface area contributed by atoms with Gasteiger partial charge in [0.15, 0.2) is 0 Å². The van der Waals surface area contributed by atoms with Crippen molar-refractivity contribution in [1.29, 1.82) is 0 Å². The van der Waals surface area contributed by atoms with Crippen LogP contribution in [0.1, 0.15) is 39.0 Å². The topological polar surface area (TPSA) is 29.1 Å². The largest absolute Gasteiger partial charge is 0.353 e. The minimum Gasteiger partial charge on any atom is -0.353 e. The van der Waals surface area contributed by atoms with Crippen LogP contribution in [0.2, 0.25) is 0 Å². The molecule has 2 rings (SSSR count). The van der Waals surface area contributed by atoms with Crippen molar-refractivity contribution in [1.82, 2.24) is 5.32 Å². The van der Waals surface area contributed by atoms with E-state index in [-0.39, 0.29) is 5.91 Å². The van der Waals surface area contributed by atoms with Gasteiger partial charge in [-0.3, -0.25) is 4.79 Å². The SMILES string of the molecule is CC(=O)NC1CC2CCCC(C1)[N+]2(C)C. The van der Waals surface area contributed by atoms with Crippen LogP contribution >= 0.6 is 0 Å². The van der Waals surface area contributed by atoms with Gasteiger partial charge in [0.2, 0.25) is 5.91 Å². The summed E-state index contributed by atoms with van der Waals surface area (Å²) in [7, 11) is 4.72. The van der Waals surface area contributed by atoms with Crippen molar-refractivity contribution in [3.63, 3.8) is 0 Å². The van der Waals surface area contributed by atoms with Crippen molar-refractivity contribution < 1.29 is 9.28 Å². The molecule has 2 aliphatic rings. The van der Waals surface area contributed by atoms with Gasteiger partial charge in [-0.15, -0.1) is 0 Å². The second-order valence-corrected chi connectivity index (χ2v) is 5.74. The fourth-order valence-electron chi connectivity index (χ4n) is 3.49. The summed E-state index contributed by atoms with van der Waals surface area (Å²) in [4.78, 5) is 11.1. The lowest BCUT2D eigenvalue weighted by Crippen LogP contribution is -2.64. The van der Waals surface area contributed by atoms with Gasteiger partial charge in [-0.05, 0) is 19.3 Å². The number of hydrogen-bond donors (Lipinski definition) is 1. The molecule has 2 aliphatic heterocycles. The van der Waals surface area contributed by atoms with Crippen LogP contribution in [0.15, 0.2) is 0 Å². The molecule has 0 aromatic heterocycles. The maximum Gasteiger partial charge on any atom is 0.217 e. The van der Waals surface area contributed by atoms with Crippen molar-refractivity contribution in [3.05, 3.63) is 0 Å². The Kier molecular flexibility index (Phi) is 2.75. The minimum atomic E-state index is 0.130. The molecule has 2 atom stereocenters. The van der Waals surface area contributed by atoms with E-state index >= 15 is 0 Å². The van der Waals surface area contributed by atoms with Gasteiger partial charge < -0.3 is 9.80 Å². The molecule has 0 aromatic carbocycles. The van der Waals surface area contributed by atoms with Gasteiger partial charge in [0.1, 0.15) is 0 Å². The lowest BCUT2D eigenvalue weighted by atomic mass is 9.80. The summed E-state index contributed by atoms with van der Waals surface area (Å²) in [6.07, 6.45) is 6.38. The molecule has 1 amide bonds. The number of hydrogen-bond acceptors (Lipinski definition) is 1. The highest BCUT2D eigenvalue weighted by atomic mass is 16.1. The first-order valence-corrected chi connectivity index (χ1v) is 6.10. The third kappa shape index (κ3) is 2.03. The Morgan fingerprint density at radius 3 is 2.20 bits per heavy atom. The quantitative estimate of drug-likeness (QED) is 0.650. The number of rotatable bonds is 1. The van der Waals surface area contributed by atoms with Gasteiger partial charge in [-0.2, -0.15) is 0 Å². The Bertz CT molecular complexity index is 246. The third-order valence-electron chi connectivity index (χ3n) is 4.48. The van der Waals surface area contributed by atoms with Crippen LogP contribution in [0.25, 0.3) is 0 Å². The Labute approximate surface area is 92.4 Å². The molecule has 0 spiro atoms. The van der Waals surface area contributed by atoms with Gasteiger partial charge in [-0.1, -0.05) is 0 Å². The van der Waals surface area contributed by atoms with E-state index in [1.165, 1.54) is 36.6 Å². The van der Waals surface area contributed by atoms with E-state index in [1.54, 1.807) is 6.92 Å². The molecule has 2 saturated heterocycles. The van der Waals surface area contributed by atoms with E-state index < -0.39 is 0 Å². The monoisotopic (exact) mass is 211 g/mol. The fraction of sp³-hybridized carbons (Fsp3) is 0.917. The van der Waals surface area contributed by atoms with E-state index in [1.807, 2.05) is 0 Å². The summed E-state index contributed by atoms with van der Waals surface area (Å²) < 4.78 is 1.18. The number of amides is 1. The van der Waals surface area contributed by atoms with Gasteiger partial charge in [0, 0.05) is 25.8 Å². The molecular formula is C12H23N2O+. The molecule has 2 heterocycles. The van der Waals surface area contributed by atoms with E-state index in [0.717, 1.165) is 12.1 Å². The minimum absolute atomic E-state index is 0.130. The number of nitrogens with one attached hydrogen (secondary N) is 1. The van der Waals surface area contributed by atoms with Crippen molar-refractivity contribution in [2.45, 2.75) is 57.2 Å². The van der Waals surface area contributed by atoms with Crippen molar-refractivity contribution >= 4 is 5.91 Å². The summed E-state index contributed by atoms with van der Waals surface area (Å²) in [5, 5.41) is 3.10. The first kappa shape index (κ1) is 10.9. The highest BCUT2D eigenvalue weighted by Crippen LogP contribution is 2.37. The number of quaternary nitrogens is 1. The van der Waals surface area contributed by atoms with Gasteiger partial charge in [0.05, 0.1) is 26.2 Å². The zero-order chi connectivity index (χ0) is 11.1. The van der Waals surface area contributed by atoms with Crippen LogP contribution in [0.5, 0.6) is 0 Å². The first-order chi connectivity index (χ1) is 7.00. The third-order valence-corrected chi connectivity index (χ3v) is 4.48. The summed E-state index contributed by atoms with van der Waals surface area (Å²) >= 11 is 0. The van der Waals surface area contributed by atoms with E-state index in [0.29, 0.717) is 6.04 Å². The highest BCUT2D eigenvalue weighted by Gasteiger charge is 2.46. The molecule has 3 nitrogen and oxygen atoms in total. The van der Waals surface area contributed by atoms with Crippen molar-refractivity contribution in [2.24, 2.45) is 0 Å². The molecule has 86 valence electrons. The molecular weight excluding hydrogens is 188 g/mol. The normalized spacial score (nSPS) is 38.5. The summed E-state index contributed by atoms with van der Waals surface area (Å²) in [6.45, 7) is 1.63. The Morgan fingerprint density at radius 2 is 1.73 bits per heavy atom. The van der Waals surface area contributed by atoms with Crippen molar-refractivity contribution in [3.8, 4) is 0 Å². The second-order valence-electron chi connectivity index (χ2n) is 5.74. The van der Waals surface area contributed by atoms with Gasteiger partial charge in [-0.25, -0.2) is 0 Å². The Morgan fingerprint density at radius 1 is 1.20 bits per heavy atom. The van der Waals surface area contributed by atoms with Gasteiger partial charge in [0.25, 0.3) is 0 Å². The Hall–Kier alpha value is -0.570. The van der Waals surface area contributed by atoms with Gasteiger partial charge >= 0.3 is 0 Å². The first-order valence-electron chi connectivity index (χ1n) is 6.10. The summed E-state index contributed by atoms with van der Waals surface area (Å²) in [6, 6.07) is 1.95. The average Bonchev–Trinajstić information content (AvgIpc) is 2.05. The number of piperidine rings is 2. The standard InChI is InChI=1S/C12H22N2O/c1-9(15)13-10-7-11-5-4-6-12(8-10)14(11,2)3/h10-12H,4-8H2,1-3H3/p+1. The lowest BCUT2D eigenvalue weighted by Gasteiger charge is -2.53. The predicted molar refractivity (Wildman–Crippen MR) is 60.4 cm³/mol. The second kappa shape index (κ2) is 3.78. The molecule has 15 heavy (non-hydrogen) atoms. The van der Waals surface area contributed by atoms with E-state index in [9.17, 15) is 4.79 Å². The van der Waals surface area contributed by atoms with Crippen LogP contribution in [0.3, 0.4) is 0 Å². The predicted octanol–water partition coefficient (Wildman–Crippen LogP) is 1.28. The number of nitrogens with zero attached hydrogens (tertiary/aromatic N) is 1. The lowest BCUT2D eigenvalue weighted by molar-refractivity contribution is -0.949. The Balaban J connectivity index is 2.05. The van der Waals surface area contributed by atoms with E-state index in [4.69, 9.17) is 0 Å². The molecule has 0 saturated carbocycles. The molecule has 0 radical (unpaired) electrons. The van der Waals surface area contributed by atoms with Crippen LogP contribution in [0.4, 0.5) is 0 Å². The zero-order valence-corrected chi connectivity index (χ0v) is 10.1. The maximum absolute atomic E-state index is 11.1. The molecule has 0 aliphatic carbocycles. The van der Waals surface area contributed by atoms with Crippen molar-refractivity contribution in [2.75, 3.05) is 14.1 Å². The molecule has 2 unspecified atom stereocenters. The number of carbonyl (C=O) groups is 1. The van der Waals surface area contributed by atoms with Crippen LogP contribution < -0.4 is 5.32 Å². The summed E-state index contributed by atoms with van der Waals surface area (Å²) in [5.41, 5.74) is 0. The number of carbonyl (C=O) groups excluding carboxylic acids is 1. The van der Waals surface area contributed by atoms with Crippen LogP contribution in [-0.4, -0.2) is 42.6 Å². The van der Waals surface area contributed by atoms with Crippen LogP contribution in [0, 0.1) is 0 Å². The highest BCUT2D eigenvalue weighted by molar-refractivity contribution is 5.73. The zero-order valence-electron chi connectivity index (χ0n) is 10.1. The van der Waals surface area contributed by atoms with Crippen LogP contribution in [-0.2, 0) is 4.79 Å².